The van der Waals surface area contributed by atoms with Crippen LogP contribution >= 0.6 is 0 Å². The molecule has 32 heavy (non-hydrogen) atoms. The van der Waals surface area contributed by atoms with Crippen molar-refractivity contribution in [3.63, 3.8) is 0 Å². The van der Waals surface area contributed by atoms with Gasteiger partial charge in [0.05, 0.1) is 0 Å². The molecule has 8 rings (SSSR count). The maximum absolute atomic E-state index is 13.9. The lowest BCUT2D eigenvalue weighted by Gasteiger charge is -2.64. The zero-order chi connectivity index (χ0) is 22.3. The third-order valence-electron chi connectivity index (χ3n) is 9.06. The molecule has 4 saturated heterocycles. The topological polar surface area (TPSA) is 74.4 Å². The lowest BCUT2D eigenvalue weighted by Crippen LogP contribution is -2.84. The lowest BCUT2D eigenvalue weighted by atomic mass is 9.51. The summed E-state index contributed by atoms with van der Waals surface area (Å²) < 4.78 is 6.21. The number of piperidine rings is 2. The number of nitrogens with zero attached hydrogens (tertiary/aromatic N) is 1. The van der Waals surface area contributed by atoms with Crippen molar-refractivity contribution in [2.75, 3.05) is 6.54 Å². The molecular formula is C26H29N3O3. The zero-order valence-corrected chi connectivity index (χ0v) is 19.1. The molecule has 0 radical (unpaired) electrons. The number of ether oxygens (including phenoxy) is 1. The largest absolute Gasteiger partial charge is 0.483 e. The van der Waals surface area contributed by atoms with Gasteiger partial charge in [-0.1, -0.05) is 19.9 Å². The van der Waals surface area contributed by atoms with Crippen LogP contribution < -0.4 is 10.1 Å². The number of aromatic nitrogens is 1. The summed E-state index contributed by atoms with van der Waals surface area (Å²) in [6.07, 6.45) is 7.19. The standard InChI is InChI=1S/C26H29N3O3/c1-23(2)8-6-14-10-15-16-12-26-19(24(3,4)20(16)27-17(15)11-18(14)32-23)13-25(21(30)28-26)7-5-9-29(25)22(26)31/h6,8,10-11,19,27H,5,7,9,12-13H2,1-4H3,(H,28,30)/t19-,25-,26-/m0/s1. The van der Waals surface area contributed by atoms with Gasteiger partial charge in [-0.2, -0.15) is 0 Å². The van der Waals surface area contributed by atoms with Crippen LogP contribution in [0.4, 0.5) is 0 Å². The number of piperazine rings is 1. The van der Waals surface area contributed by atoms with Gasteiger partial charge in [-0.15, -0.1) is 0 Å². The minimum absolute atomic E-state index is 0.0564. The fourth-order valence-electron chi connectivity index (χ4n) is 7.50. The summed E-state index contributed by atoms with van der Waals surface area (Å²) in [6, 6.07) is 4.28. The molecule has 2 bridgehead atoms. The Hall–Kier alpha value is -2.76. The number of H-pyrrole nitrogens is 1. The van der Waals surface area contributed by atoms with E-state index in [4.69, 9.17) is 4.74 Å². The molecule has 0 saturated carbocycles. The van der Waals surface area contributed by atoms with Gasteiger partial charge >= 0.3 is 0 Å². The molecule has 6 nitrogen and oxygen atoms in total. The number of nitrogens with one attached hydrogen (secondary N) is 2. The van der Waals surface area contributed by atoms with Crippen molar-refractivity contribution in [2.45, 2.75) is 75.5 Å². The number of carbonyl (C=O) groups is 2. The molecule has 3 atom stereocenters. The summed E-state index contributed by atoms with van der Waals surface area (Å²) >= 11 is 0. The summed E-state index contributed by atoms with van der Waals surface area (Å²) in [5, 5.41) is 4.41. The molecule has 1 aliphatic carbocycles. The zero-order valence-electron chi connectivity index (χ0n) is 19.1. The summed E-state index contributed by atoms with van der Waals surface area (Å²) in [7, 11) is 0. The van der Waals surface area contributed by atoms with Crippen LogP contribution in [0.25, 0.3) is 17.0 Å². The van der Waals surface area contributed by atoms with Crippen LogP contribution in [-0.4, -0.2) is 44.9 Å². The minimum atomic E-state index is -0.848. The van der Waals surface area contributed by atoms with Crippen LogP contribution in [0, 0.1) is 5.92 Å². The first-order chi connectivity index (χ1) is 15.1. The molecule has 1 aromatic heterocycles. The highest BCUT2D eigenvalue weighted by Crippen LogP contribution is 2.59. The van der Waals surface area contributed by atoms with Gasteiger partial charge in [0.25, 0.3) is 0 Å². The molecule has 2 spiro atoms. The molecule has 5 aliphatic heterocycles. The van der Waals surface area contributed by atoms with E-state index in [2.05, 4.69) is 62.3 Å². The number of hydrogen-bond acceptors (Lipinski definition) is 3. The van der Waals surface area contributed by atoms with E-state index in [1.165, 1.54) is 5.69 Å². The van der Waals surface area contributed by atoms with Gasteiger partial charge in [0, 0.05) is 52.5 Å². The lowest BCUT2D eigenvalue weighted by molar-refractivity contribution is -0.179. The second-order valence-corrected chi connectivity index (χ2v) is 11.6. The van der Waals surface area contributed by atoms with Crippen molar-refractivity contribution >= 4 is 28.8 Å². The normalized spacial score (nSPS) is 35.1. The van der Waals surface area contributed by atoms with Crippen LogP contribution in [0.15, 0.2) is 18.2 Å². The maximum Gasteiger partial charge on any atom is 0.249 e. The second-order valence-electron chi connectivity index (χ2n) is 11.6. The van der Waals surface area contributed by atoms with Crippen molar-refractivity contribution in [3.05, 3.63) is 35.0 Å². The highest BCUT2D eigenvalue weighted by molar-refractivity contribution is 6.06. The molecule has 2 N–H and O–H groups in total. The minimum Gasteiger partial charge on any atom is -0.483 e. The van der Waals surface area contributed by atoms with E-state index in [9.17, 15) is 9.59 Å². The fourth-order valence-corrected chi connectivity index (χ4v) is 7.50. The molecule has 6 aliphatic rings. The van der Waals surface area contributed by atoms with E-state index in [-0.39, 0.29) is 28.7 Å². The van der Waals surface area contributed by atoms with Crippen LogP contribution in [-0.2, 0) is 21.4 Å². The average Bonchev–Trinajstić information content (AvgIpc) is 3.30. The molecule has 2 aromatic rings. The summed E-state index contributed by atoms with van der Waals surface area (Å²) in [6.45, 7) is 9.29. The summed E-state index contributed by atoms with van der Waals surface area (Å²) in [5.41, 5.74) is 2.35. The first-order valence-electron chi connectivity index (χ1n) is 11.8. The molecular weight excluding hydrogens is 402 g/mol. The Morgan fingerprint density at radius 1 is 1.16 bits per heavy atom. The molecule has 1 aromatic carbocycles. The predicted molar refractivity (Wildman–Crippen MR) is 121 cm³/mol. The van der Waals surface area contributed by atoms with E-state index in [1.54, 1.807) is 0 Å². The highest BCUT2D eigenvalue weighted by Gasteiger charge is 2.72. The van der Waals surface area contributed by atoms with E-state index in [1.807, 2.05) is 4.90 Å². The Balaban J connectivity index is 1.45. The molecule has 6 heterocycles. The van der Waals surface area contributed by atoms with Crippen molar-refractivity contribution in [2.24, 2.45) is 5.92 Å². The predicted octanol–water partition coefficient (Wildman–Crippen LogP) is 3.44. The number of aromatic amines is 1. The monoisotopic (exact) mass is 431 g/mol. The average molecular weight is 432 g/mol. The SMILES string of the molecule is CC1(C)C=Cc2cc3c4c([nH]c3cc2O1)C(C)(C)[C@@H]1C[C@]23CCCN2C(=O)[C@@]1(C4)NC3=O. The van der Waals surface area contributed by atoms with Gasteiger partial charge in [0.2, 0.25) is 11.8 Å². The molecule has 4 fully saturated rings. The molecule has 6 heteroatoms. The Morgan fingerprint density at radius 2 is 1.97 bits per heavy atom. The quantitative estimate of drug-likeness (QED) is 0.671. The summed E-state index contributed by atoms with van der Waals surface area (Å²) in [5.74, 6) is 1.13. The molecule has 2 amide bonds. The number of carbonyl (C=O) groups excluding carboxylic acids is 2. The Bertz CT molecular complexity index is 1280. The van der Waals surface area contributed by atoms with Crippen molar-refractivity contribution in [3.8, 4) is 5.75 Å². The van der Waals surface area contributed by atoms with Gasteiger partial charge in [-0.05, 0) is 50.8 Å². The van der Waals surface area contributed by atoms with Crippen molar-refractivity contribution < 1.29 is 14.3 Å². The van der Waals surface area contributed by atoms with E-state index in [0.717, 1.165) is 47.0 Å². The van der Waals surface area contributed by atoms with Crippen LogP contribution in [0.5, 0.6) is 5.75 Å². The number of rotatable bonds is 0. The fraction of sp³-hybridized carbons (Fsp3) is 0.538. The Morgan fingerprint density at radius 3 is 2.78 bits per heavy atom. The smallest absolute Gasteiger partial charge is 0.249 e. The third kappa shape index (κ3) is 1.94. The second kappa shape index (κ2) is 5.24. The van der Waals surface area contributed by atoms with E-state index < -0.39 is 11.1 Å². The molecule has 0 unspecified atom stereocenters. The van der Waals surface area contributed by atoms with E-state index >= 15 is 0 Å². The first kappa shape index (κ1) is 18.8. The van der Waals surface area contributed by atoms with Crippen LogP contribution in [0.1, 0.15) is 63.8 Å². The summed E-state index contributed by atoms with van der Waals surface area (Å²) in [4.78, 5) is 32.8. The van der Waals surface area contributed by atoms with Gasteiger partial charge in [0.15, 0.2) is 0 Å². The van der Waals surface area contributed by atoms with Gasteiger partial charge < -0.3 is 19.9 Å². The van der Waals surface area contributed by atoms with Crippen LogP contribution in [0.2, 0.25) is 0 Å². The third-order valence-corrected chi connectivity index (χ3v) is 9.06. The Kier molecular flexibility index (Phi) is 3.07. The number of hydrogen-bond donors (Lipinski definition) is 2. The van der Waals surface area contributed by atoms with Gasteiger partial charge in [-0.25, -0.2) is 0 Å². The Labute approximate surface area is 187 Å². The van der Waals surface area contributed by atoms with Crippen LogP contribution in [0.3, 0.4) is 0 Å². The van der Waals surface area contributed by atoms with E-state index in [0.29, 0.717) is 13.0 Å². The van der Waals surface area contributed by atoms with Crippen molar-refractivity contribution in [1.82, 2.24) is 15.2 Å². The highest BCUT2D eigenvalue weighted by atomic mass is 16.5. The number of fused-ring (bicyclic) bond motifs is 5. The molecule has 166 valence electrons. The first-order valence-corrected chi connectivity index (χ1v) is 11.8. The number of benzene rings is 1. The number of amides is 2. The van der Waals surface area contributed by atoms with Gasteiger partial charge in [-0.3, -0.25) is 9.59 Å². The van der Waals surface area contributed by atoms with Gasteiger partial charge in [0.1, 0.15) is 22.4 Å². The van der Waals surface area contributed by atoms with Crippen molar-refractivity contribution in [1.29, 1.82) is 0 Å². The maximum atomic E-state index is 13.9.